The van der Waals surface area contributed by atoms with Crippen LogP contribution in [0.2, 0.25) is 0 Å². The molecule has 7 heteroatoms. The Kier molecular flexibility index (Phi) is 3.89. The zero-order valence-electron chi connectivity index (χ0n) is 11.1. The number of aliphatic carboxylic acids is 1. The second-order valence-corrected chi connectivity index (χ2v) is 5.41. The lowest BCUT2D eigenvalue weighted by Crippen LogP contribution is -2.20. The van der Waals surface area contributed by atoms with Gasteiger partial charge >= 0.3 is 5.97 Å². The molecule has 0 amide bonds. The summed E-state index contributed by atoms with van der Waals surface area (Å²) in [5, 5.41) is 14.2. The lowest BCUT2D eigenvalue weighted by Gasteiger charge is -2.03. The zero-order valence-corrected chi connectivity index (χ0v) is 13.3. The fraction of sp³-hybridized carbons (Fsp3) is 0.231. The van der Waals surface area contributed by atoms with Crippen molar-refractivity contribution in [2.45, 2.75) is 13.8 Å². The van der Waals surface area contributed by atoms with Crippen LogP contribution in [0.25, 0.3) is 10.9 Å². The molecule has 0 fully saturated rings. The number of aliphatic imine (C=N–C) groups is 1. The van der Waals surface area contributed by atoms with Crippen molar-refractivity contribution >= 4 is 56.6 Å². The summed E-state index contributed by atoms with van der Waals surface area (Å²) in [4.78, 5) is 26.3. The molecule has 104 valence electrons. The van der Waals surface area contributed by atoms with Crippen molar-refractivity contribution in [3.63, 3.8) is 0 Å². The average Bonchev–Trinajstić information content (AvgIpc) is 2.60. The van der Waals surface area contributed by atoms with E-state index in [-0.39, 0.29) is 0 Å². The Bertz CT molecular complexity index is 746. The van der Waals surface area contributed by atoms with Gasteiger partial charge in [0.1, 0.15) is 3.70 Å². The Morgan fingerprint density at radius 2 is 2.05 bits per heavy atom. The molecule has 0 aliphatic carbocycles. The van der Waals surface area contributed by atoms with E-state index in [1.807, 2.05) is 20.0 Å². The number of aryl methyl sites for hydroxylation is 2. The molecule has 0 radical (unpaired) electrons. The number of ketones is 1. The van der Waals surface area contributed by atoms with Crippen LogP contribution in [0.15, 0.2) is 17.1 Å². The Morgan fingerprint density at radius 3 is 2.60 bits per heavy atom. The lowest BCUT2D eigenvalue weighted by molar-refractivity contribution is -0.130. The number of nitrogens with zero attached hydrogens (tertiary/aromatic N) is 3. The van der Waals surface area contributed by atoms with Gasteiger partial charge in [-0.2, -0.15) is 5.10 Å². The topological polar surface area (TPSA) is 84.5 Å². The Hall–Kier alpha value is -1.77. The van der Waals surface area contributed by atoms with Gasteiger partial charge in [-0.1, -0.05) is 0 Å². The van der Waals surface area contributed by atoms with Crippen molar-refractivity contribution in [2.24, 2.45) is 12.0 Å². The Labute approximate surface area is 128 Å². The largest absolute Gasteiger partial charge is 0.476 e. The Balaban J connectivity index is 2.69. The molecule has 2 aromatic rings. The molecule has 0 aliphatic heterocycles. The summed E-state index contributed by atoms with van der Waals surface area (Å²) in [5.74, 6) is -1.89. The minimum absolute atomic E-state index is 0.466. The summed E-state index contributed by atoms with van der Waals surface area (Å²) in [6.45, 7) is 3.01. The van der Waals surface area contributed by atoms with Crippen LogP contribution < -0.4 is 0 Å². The van der Waals surface area contributed by atoms with E-state index in [4.69, 9.17) is 5.11 Å². The molecule has 1 aromatic heterocycles. The number of carboxylic acids is 1. The van der Waals surface area contributed by atoms with E-state index in [1.54, 1.807) is 10.7 Å². The second kappa shape index (κ2) is 5.31. The number of benzene rings is 1. The first-order valence-electron chi connectivity index (χ1n) is 5.77. The highest BCUT2D eigenvalue weighted by molar-refractivity contribution is 14.1. The fourth-order valence-electron chi connectivity index (χ4n) is 1.87. The summed E-state index contributed by atoms with van der Waals surface area (Å²) in [6, 6.07) is 3.63. The van der Waals surface area contributed by atoms with E-state index in [1.165, 1.54) is 6.92 Å². The van der Waals surface area contributed by atoms with Crippen molar-refractivity contribution in [1.82, 2.24) is 9.78 Å². The highest BCUT2D eigenvalue weighted by Gasteiger charge is 2.16. The van der Waals surface area contributed by atoms with Crippen LogP contribution >= 0.6 is 22.6 Å². The zero-order chi connectivity index (χ0) is 15.0. The van der Waals surface area contributed by atoms with Crippen molar-refractivity contribution < 1.29 is 14.7 Å². The summed E-state index contributed by atoms with van der Waals surface area (Å²) in [5.41, 5.74) is 1.73. The van der Waals surface area contributed by atoms with Gasteiger partial charge in [0, 0.05) is 19.4 Å². The SMILES string of the molecule is CC(=O)C(=Nc1cc2c(I)nn(C)c2cc1C)C(=O)O. The molecular weight excluding hydrogens is 373 g/mol. The molecule has 20 heavy (non-hydrogen) atoms. The molecule has 0 saturated heterocycles. The van der Waals surface area contributed by atoms with Gasteiger partial charge in [0.05, 0.1) is 11.2 Å². The van der Waals surface area contributed by atoms with Gasteiger partial charge in [-0.05, 0) is 47.2 Å². The third-order valence-corrected chi connectivity index (χ3v) is 3.69. The number of halogens is 1. The third-order valence-electron chi connectivity index (χ3n) is 2.89. The van der Waals surface area contributed by atoms with Gasteiger partial charge in [0.15, 0.2) is 11.5 Å². The first-order chi connectivity index (χ1) is 9.31. The predicted molar refractivity (Wildman–Crippen MR) is 83.6 cm³/mol. The van der Waals surface area contributed by atoms with Crippen LogP contribution in [0.5, 0.6) is 0 Å². The van der Waals surface area contributed by atoms with E-state index in [9.17, 15) is 9.59 Å². The monoisotopic (exact) mass is 385 g/mol. The minimum Gasteiger partial charge on any atom is -0.476 e. The third kappa shape index (κ3) is 2.58. The van der Waals surface area contributed by atoms with E-state index in [0.717, 1.165) is 20.2 Å². The molecule has 0 unspecified atom stereocenters. The number of Topliss-reactive ketones (excluding diaryl/α,β-unsaturated/α-hetero) is 1. The van der Waals surface area contributed by atoms with Crippen LogP contribution in [0, 0.1) is 10.6 Å². The maximum atomic E-state index is 11.3. The van der Waals surface area contributed by atoms with Crippen LogP contribution in [-0.4, -0.2) is 32.4 Å². The maximum absolute atomic E-state index is 11.3. The summed E-state index contributed by atoms with van der Waals surface area (Å²) in [7, 11) is 1.84. The maximum Gasteiger partial charge on any atom is 0.358 e. The van der Waals surface area contributed by atoms with Crippen molar-refractivity contribution in [2.75, 3.05) is 0 Å². The van der Waals surface area contributed by atoms with Gasteiger partial charge in [0.2, 0.25) is 0 Å². The van der Waals surface area contributed by atoms with E-state index in [2.05, 4.69) is 32.7 Å². The van der Waals surface area contributed by atoms with Gasteiger partial charge in [-0.15, -0.1) is 0 Å². The molecule has 1 N–H and O–H groups in total. The minimum atomic E-state index is -1.32. The highest BCUT2D eigenvalue weighted by Crippen LogP contribution is 2.28. The van der Waals surface area contributed by atoms with E-state index >= 15 is 0 Å². The summed E-state index contributed by atoms with van der Waals surface area (Å²) >= 11 is 2.10. The molecule has 0 atom stereocenters. The number of fused-ring (bicyclic) bond motifs is 1. The Morgan fingerprint density at radius 1 is 1.40 bits per heavy atom. The molecule has 1 aromatic carbocycles. The molecule has 0 bridgehead atoms. The predicted octanol–water partition coefficient (Wildman–Crippen LogP) is 2.23. The number of aromatic nitrogens is 2. The molecule has 0 saturated carbocycles. The second-order valence-electron chi connectivity index (χ2n) is 4.39. The molecule has 0 spiro atoms. The van der Waals surface area contributed by atoms with Crippen molar-refractivity contribution in [1.29, 1.82) is 0 Å². The first kappa shape index (κ1) is 14.6. The number of carboxylic acid groups (broad SMARTS) is 1. The molecule has 2 rings (SSSR count). The fourth-order valence-corrected chi connectivity index (χ4v) is 2.63. The summed E-state index contributed by atoms with van der Waals surface area (Å²) < 4.78 is 2.55. The van der Waals surface area contributed by atoms with E-state index < -0.39 is 17.5 Å². The van der Waals surface area contributed by atoms with Crippen LogP contribution in [0.3, 0.4) is 0 Å². The number of hydrogen-bond acceptors (Lipinski definition) is 4. The van der Waals surface area contributed by atoms with Gasteiger partial charge in [-0.3, -0.25) is 9.48 Å². The van der Waals surface area contributed by atoms with Gasteiger partial charge in [-0.25, -0.2) is 9.79 Å². The lowest BCUT2D eigenvalue weighted by atomic mass is 10.1. The molecule has 6 nitrogen and oxygen atoms in total. The van der Waals surface area contributed by atoms with Gasteiger partial charge < -0.3 is 5.11 Å². The number of carbonyl (C=O) groups excluding carboxylic acids is 1. The van der Waals surface area contributed by atoms with Crippen LogP contribution in [0.4, 0.5) is 5.69 Å². The normalized spacial score (nSPS) is 11.9. The number of carbonyl (C=O) groups is 2. The van der Waals surface area contributed by atoms with Gasteiger partial charge in [0.25, 0.3) is 0 Å². The quantitative estimate of drug-likeness (QED) is 0.499. The average molecular weight is 385 g/mol. The van der Waals surface area contributed by atoms with E-state index in [0.29, 0.717) is 5.69 Å². The molecular formula is C13H12IN3O3. The summed E-state index contributed by atoms with van der Waals surface area (Å²) in [6.07, 6.45) is 0. The van der Waals surface area contributed by atoms with Crippen molar-refractivity contribution in [3.05, 3.63) is 21.4 Å². The first-order valence-corrected chi connectivity index (χ1v) is 6.85. The van der Waals surface area contributed by atoms with Crippen molar-refractivity contribution in [3.8, 4) is 0 Å². The van der Waals surface area contributed by atoms with Crippen LogP contribution in [0.1, 0.15) is 12.5 Å². The van der Waals surface area contributed by atoms with Crippen LogP contribution in [-0.2, 0) is 16.6 Å². The molecule has 0 aliphatic rings. The standard InChI is InChI=1S/C13H12IN3O3/c1-6-4-10-8(12(14)16-17(10)3)5-9(6)15-11(7(2)18)13(19)20/h4-5H,1-3H3,(H,19,20). The highest BCUT2D eigenvalue weighted by atomic mass is 127. The molecule has 1 heterocycles. The smallest absolute Gasteiger partial charge is 0.358 e. The number of hydrogen-bond donors (Lipinski definition) is 1. The number of rotatable bonds is 3.